The molecule has 5 heteroatoms. The van der Waals surface area contributed by atoms with Crippen molar-refractivity contribution in [1.29, 1.82) is 0 Å². The summed E-state index contributed by atoms with van der Waals surface area (Å²) in [5.41, 5.74) is 0. The van der Waals surface area contributed by atoms with Crippen LogP contribution in [0.3, 0.4) is 0 Å². The molecule has 0 aromatic rings. The zero-order chi connectivity index (χ0) is 10.1. The average molecular weight is 182 g/mol. The second-order valence-corrected chi connectivity index (χ2v) is 1.80. The van der Waals surface area contributed by atoms with Crippen LogP contribution in [-0.4, -0.2) is 16.4 Å². The monoisotopic (exact) mass is 182 g/mol. The molecule has 0 fully saturated rings. The topological polar surface area (TPSA) is 57.5 Å². The molecular formula is C7H12F2O3. The third-order valence-electron chi connectivity index (χ3n) is 0.915. The smallest absolute Gasteiger partial charge is 0.450 e. The Labute approximate surface area is 69.3 Å². The normalized spacial score (nSPS) is 11.0. The Morgan fingerprint density at radius 1 is 1.08 bits per heavy atom. The molecule has 2 N–H and O–H groups in total. The van der Waals surface area contributed by atoms with Crippen molar-refractivity contribution >= 4 is 6.16 Å². The number of carboxylic acid groups (broad SMARTS) is 2. The van der Waals surface area contributed by atoms with E-state index >= 15 is 0 Å². The van der Waals surface area contributed by atoms with E-state index in [9.17, 15) is 8.78 Å². The van der Waals surface area contributed by atoms with Gasteiger partial charge in [-0.05, 0) is 12.8 Å². The molecule has 0 atom stereocenters. The molecule has 0 spiro atoms. The highest BCUT2D eigenvalue weighted by molar-refractivity contribution is 5.53. The number of allylic oxidation sites excluding steroid dienone is 2. The molecule has 0 aromatic heterocycles. The molecule has 0 aromatic carbocycles. The minimum atomic E-state index is -1.83. The van der Waals surface area contributed by atoms with Crippen LogP contribution < -0.4 is 0 Å². The molecule has 0 bridgehead atoms. The lowest BCUT2D eigenvalue weighted by molar-refractivity contribution is 0.137. The average Bonchev–Trinajstić information content (AvgIpc) is 2.00. The lowest BCUT2D eigenvalue weighted by Gasteiger charge is -1.90. The van der Waals surface area contributed by atoms with E-state index in [1.165, 1.54) is 0 Å². The molecule has 0 unspecified atom stereocenters. The van der Waals surface area contributed by atoms with E-state index in [4.69, 9.17) is 15.0 Å². The fourth-order valence-electron chi connectivity index (χ4n) is 0.384. The molecule has 0 aliphatic heterocycles. The summed E-state index contributed by atoms with van der Waals surface area (Å²) in [6.45, 7) is 3.18. The SMILES string of the molecule is CC/C(F)=C(/F)CC.O=C(O)O. The fourth-order valence-corrected chi connectivity index (χ4v) is 0.384. The maximum absolute atomic E-state index is 12.0. The van der Waals surface area contributed by atoms with Gasteiger partial charge in [0.2, 0.25) is 0 Å². The quantitative estimate of drug-likeness (QED) is 0.689. The number of carbonyl (C=O) groups is 1. The van der Waals surface area contributed by atoms with Gasteiger partial charge in [0.05, 0.1) is 0 Å². The molecule has 3 nitrogen and oxygen atoms in total. The molecule has 0 amide bonds. The first-order chi connectivity index (χ1) is 5.45. The first-order valence-corrected chi connectivity index (χ1v) is 3.40. The Morgan fingerprint density at radius 3 is 1.33 bits per heavy atom. The molecule has 0 rings (SSSR count). The molecule has 0 aliphatic rings. The zero-order valence-corrected chi connectivity index (χ0v) is 6.97. The van der Waals surface area contributed by atoms with Crippen molar-refractivity contribution in [3.05, 3.63) is 11.7 Å². The van der Waals surface area contributed by atoms with Crippen LogP contribution in [0.4, 0.5) is 13.6 Å². The van der Waals surface area contributed by atoms with Gasteiger partial charge >= 0.3 is 6.16 Å². The molecule has 0 radical (unpaired) electrons. The first kappa shape index (κ1) is 13.5. The van der Waals surface area contributed by atoms with Crippen LogP contribution in [0.25, 0.3) is 0 Å². The van der Waals surface area contributed by atoms with Crippen molar-refractivity contribution in [2.24, 2.45) is 0 Å². The third kappa shape index (κ3) is 11.6. The predicted molar refractivity (Wildman–Crippen MR) is 40.5 cm³/mol. The van der Waals surface area contributed by atoms with Crippen molar-refractivity contribution in [2.75, 3.05) is 0 Å². The maximum Gasteiger partial charge on any atom is 0.503 e. The Kier molecular flexibility index (Phi) is 8.94. The lowest BCUT2D eigenvalue weighted by atomic mass is 10.3. The number of halogens is 2. The van der Waals surface area contributed by atoms with Crippen molar-refractivity contribution in [1.82, 2.24) is 0 Å². The van der Waals surface area contributed by atoms with Crippen molar-refractivity contribution in [2.45, 2.75) is 26.7 Å². The van der Waals surface area contributed by atoms with Crippen LogP contribution in [0.2, 0.25) is 0 Å². The molecule has 12 heavy (non-hydrogen) atoms. The molecule has 72 valence electrons. The highest BCUT2D eigenvalue weighted by Crippen LogP contribution is 2.13. The standard InChI is InChI=1S/C6H10F2.CH2O3/c1-3-5(7)6(8)4-2;2-1(3)4/h3-4H2,1-2H3;(H2,2,3,4)/b6-5-;. The molecular weight excluding hydrogens is 170 g/mol. The molecule has 0 aliphatic carbocycles. The van der Waals surface area contributed by atoms with Crippen LogP contribution in [-0.2, 0) is 0 Å². The summed E-state index contributed by atoms with van der Waals surface area (Å²) in [6, 6.07) is 0. The Balaban J connectivity index is 0. The van der Waals surface area contributed by atoms with Gasteiger partial charge in [0.15, 0.2) is 0 Å². The van der Waals surface area contributed by atoms with Crippen LogP contribution in [0.1, 0.15) is 26.7 Å². The number of rotatable bonds is 2. The van der Waals surface area contributed by atoms with Gasteiger partial charge in [-0.3, -0.25) is 0 Å². The summed E-state index contributed by atoms with van der Waals surface area (Å²) in [7, 11) is 0. The second-order valence-electron chi connectivity index (χ2n) is 1.80. The van der Waals surface area contributed by atoms with Gasteiger partial charge in [-0.1, -0.05) is 13.8 Å². The van der Waals surface area contributed by atoms with Gasteiger partial charge in [-0.25, -0.2) is 13.6 Å². The van der Waals surface area contributed by atoms with Crippen molar-refractivity contribution in [3.63, 3.8) is 0 Å². The zero-order valence-electron chi connectivity index (χ0n) is 6.97. The van der Waals surface area contributed by atoms with Gasteiger partial charge < -0.3 is 10.2 Å². The van der Waals surface area contributed by atoms with E-state index in [0.717, 1.165) is 0 Å². The molecule has 0 saturated heterocycles. The van der Waals surface area contributed by atoms with Crippen molar-refractivity contribution < 1.29 is 23.8 Å². The maximum atomic E-state index is 12.0. The summed E-state index contributed by atoms with van der Waals surface area (Å²) in [5.74, 6) is -1.24. The molecule has 0 saturated carbocycles. The van der Waals surface area contributed by atoms with Crippen LogP contribution >= 0.6 is 0 Å². The minimum Gasteiger partial charge on any atom is -0.450 e. The van der Waals surface area contributed by atoms with Crippen LogP contribution in [0, 0.1) is 0 Å². The highest BCUT2D eigenvalue weighted by Gasteiger charge is 1.98. The summed E-state index contributed by atoms with van der Waals surface area (Å²) < 4.78 is 24.1. The largest absolute Gasteiger partial charge is 0.503 e. The minimum absolute atomic E-state index is 0.166. The fraction of sp³-hybridized carbons (Fsp3) is 0.571. The van der Waals surface area contributed by atoms with Crippen LogP contribution in [0.5, 0.6) is 0 Å². The second kappa shape index (κ2) is 7.97. The number of hydrogen-bond donors (Lipinski definition) is 2. The highest BCUT2D eigenvalue weighted by atomic mass is 19.2. The van der Waals surface area contributed by atoms with Gasteiger partial charge in [0, 0.05) is 0 Å². The van der Waals surface area contributed by atoms with Crippen LogP contribution in [0.15, 0.2) is 11.7 Å². The van der Waals surface area contributed by atoms with Gasteiger partial charge in [-0.2, -0.15) is 0 Å². The van der Waals surface area contributed by atoms with E-state index in [1.54, 1.807) is 13.8 Å². The Morgan fingerprint density at radius 2 is 1.25 bits per heavy atom. The summed E-state index contributed by atoms with van der Waals surface area (Å²) >= 11 is 0. The van der Waals surface area contributed by atoms with E-state index in [-0.39, 0.29) is 12.8 Å². The summed E-state index contributed by atoms with van der Waals surface area (Å²) in [5, 5.41) is 13.9. The predicted octanol–water partition coefficient (Wildman–Crippen LogP) is 3.18. The first-order valence-electron chi connectivity index (χ1n) is 3.40. The number of hydrogen-bond acceptors (Lipinski definition) is 1. The van der Waals surface area contributed by atoms with Gasteiger partial charge in [-0.15, -0.1) is 0 Å². The van der Waals surface area contributed by atoms with Crippen molar-refractivity contribution in [3.8, 4) is 0 Å². The van der Waals surface area contributed by atoms with E-state index in [0.29, 0.717) is 0 Å². The van der Waals surface area contributed by atoms with E-state index < -0.39 is 17.8 Å². The summed E-state index contributed by atoms with van der Waals surface area (Å²) in [6.07, 6.45) is -1.50. The summed E-state index contributed by atoms with van der Waals surface area (Å²) in [4.78, 5) is 8.56. The van der Waals surface area contributed by atoms with E-state index in [2.05, 4.69) is 0 Å². The third-order valence-corrected chi connectivity index (χ3v) is 0.915. The van der Waals surface area contributed by atoms with Gasteiger partial charge in [0.1, 0.15) is 11.7 Å². The Hall–Kier alpha value is -1.13. The molecule has 0 heterocycles. The Bertz CT molecular complexity index is 150. The lowest BCUT2D eigenvalue weighted by Crippen LogP contribution is -1.81. The van der Waals surface area contributed by atoms with E-state index in [1.807, 2.05) is 0 Å². The van der Waals surface area contributed by atoms with Gasteiger partial charge in [0.25, 0.3) is 0 Å².